The van der Waals surface area contributed by atoms with Gasteiger partial charge in [-0.3, -0.25) is 4.90 Å². The van der Waals surface area contributed by atoms with Gasteiger partial charge in [0, 0.05) is 41.6 Å². The predicted molar refractivity (Wildman–Crippen MR) is 83.2 cm³/mol. The first kappa shape index (κ1) is 13.1. The molecule has 2 fully saturated rings. The van der Waals surface area contributed by atoms with Crippen LogP contribution in [0.25, 0.3) is 0 Å². The van der Waals surface area contributed by atoms with Crippen LogP contribution in [0.1, 0.15) is 30.4 Å². The van der Waals surface area contributed by atoms with Crippen molar-refractivity contribution in [2.24, 2.45) is 0 Å². The topological polar surface area (TPSA) is 24.5 Å². The van der Waals surface area contributed by atoms with Crippen LogP contribution in [-0.2, 0) is 13.0 Å². The summed E-state index contributed by atoms with van der Waals surface area (Å²) >= 11 is 3.62. The zero-order valence-electron chi connectivity index (χ0n) is 11.7. The Kier molecular flexibility index (Phi) is 3.49. The van der Waals surface area contributed by atoms with Crippen LogP contribution < -0.4 is 10.1 Å². The van der Waals surface area contributed by atoms with E-state index in [1.807, 2.05) is 0 Å². The Morgan fingerprint density at radius 1 is 1.30 bits per heavy atom. The minimum atomic E-state index is 0.661. The number of fused-ring (bicyclic) bond motifs is 2. The molecule has 1 aromatic carbocycles. The van der Waals surface area contributed by atoms with E-state index in [1.165, 1.54) is 48.0 Å². The standard InChI is InChI=1S/C16H21BrN2O/c17-13-8-11-4-7-20-16(11)12(9-13)10-18-14-3-6-19-5-1-2-15(14)19/h8-9,14-15,18H,1-7,10H2. The Morgan fingerprint density at radius 2 is 2.25 bits per heavy atom. The van der Waals surface area contributed by atoms with Crippen molar-refractivity contribution in [2.75, 3.05) is 19.7 Å². The highest BCUT2D eigenvalue weighted by Gasteiger charge is 2.36. The number of ether oxygens (including phenoxy) is 1. The molecule has 0 aromatic heterocycles. The number of rotatable bonds is 3. The summed E-state index contributed by atoms with van der Waals surface area (Å²) in [5.74, 6) is 1.13. The highest BCUT2D eigenvalue weighted by molar-refractivity contribution is 9.10. The van der Waals surface area contributed by atoms with Crippen LogP contribution in [-0.4, -0.2) is 36.7 Å². The number of nitrogens with one attached hydrogen (secondary N) is 1. The molecule has 0 saturated carbocycles. The Balaban J connectivity index is 1.47. The summed E-state index contributed by atoms with van der Waals surface area (Å²) in [5, 5.41) is 3.78. The van der Waals surface area contributed by atoms with E-state index in [1.54, 1.807) is 0 Å². The van der Waals surface area contributed by atoms with Gasteiger partial charge < -0.3 is 10.1 Å². The molecule has 4 rings (SSSR count). The van der Waals surface area contributed by atoms with Crippen molar-refractivity contribution in [1.82, 2.24) is 10.2 Å². The average Bonchev–Trinajstić information content (AvgIpc) is 3.12. The van der Waals surface area contributed by atoms with Crippen LogP contribution in [0.4, 0.5) is 0 Å². The fourth-order valence-electron chi connectivity index (χ4n) is 4.04. The number of hydrogen-bond acceptors (Lipinski definition) is 3. The highest BCUT2D eigenvalue weighted by Crippen LogP contribution is 2.34. The quantitative estimate of drug-likeness (QED) is 0.918. The lowest BCUT2D eigenvalue weighted by atomic mass is 10.0. The largest absolute Gasteiger partial charge is 0.493 e. The van der Waals surface area contributed by atoms with Crippen molar-refractivity contribution in [2.45, 2.75) is 44.3 Å². The maximum atomic E-state index is 5.82. The first-order valence-corrected chi connectivity index (χ1v) is 8.52. The van der Waals surface area contributed by atoms with E-state index in [0.717, 1.165) is 31.4 Å². The van der Waals surface area contributed by atoms with Crippen molar-refractivity contribution >= 4 is 15.9 Å². The third kappa shape index (κ3) is 2.28. The second-order valence-electron chi connectivity index (χ2n) is 6.17. The normalized spacial score (nSPS) is 28.4. The van der Waals surface area contributed by atoms with Gasteiger partial charge >= 0.3 is 0 Å². The van der Waals surface area contributed by atoms with Crippen LogP contribution in [0.2, 0.25) is 0 Å². The number of benzene rings is 1. The van der Waals surface area contributed by atoms with Crippen molar-refractivity contribution < 1.29 is 4.74 Å². The number of halogens is 1. The summed E-state index contributed by atoms with van der Waals surface area (Å²) in [5.41, 5.74) is 2.66. The molecule has 2 unspecified atom stereocenters. The third-order valence-corrected chi connectivity index (χ3v) is 5.44. The zero-order valence-corrected chi connectivity index (χ0v) is 13.3. The van der Waals surface area contributed by atoms with Gasteiger partial charge in [-0.15, -0.1) is 0 Å². The fourth-order valence-corrected chi connectivity index (χ4v) is 4.59. The molecule has 20 heavy (non-hydrogen) atoms. The second-order valence-corrected chi connectivity index (χ2v) is 7.09. The van der Waals surface area contributed by atoms with E-state index in [4.69, 9.17) is 4.74 Å². The van der Waals surface area contributed by atoms with Crippen molar-refractivity contribution in [1.29, 1.82) is 0 Å². The van der Waals surface area contributed by atoms with Gasteiger partial charge in [0.25, 0.3) is 0 Å². The molecule has 2 saturated heterocycles. The summed E-state index contributed by atoms with van der Waals surface area (Å²) < 4.78 is 6.99. The summed E-state index contributed by atoms with van der Waals surface area (Å²) in [6, 6.07) is 5.84. The molecule has 0 spiro atoms. The Labute approximate surface area is 128 Å². The van der Waals surface area contributed by atoms with Crippen LogP contribution in [0, 0.1) is 0 Å². The van der Waals surface area contributed by atoms with Gasteiger partial charge in [-0.1, -0.05) is 15.9 Å². The van der Waals surface area contributed by atoms with Gasteiger partial charge in [0.1, 0.15) is 5.75 Å². The molecule has 0 amide bonds. The fraction of sp³-hybridized carbons (Fsp3) is 0.625. The molecule has 4 heteroatoms. The van der Waals surface area contributed by atoms with E-state index >= 15 is 0 Å². The summed E-state index contributed by atoms with van der Waals surface area (Å²) in [6.45, 7) is 4.34. The van der Waals surface area contributed by atoms with Crippen LogP contribution in [0.5, 0.6) is 5.75 Å². The molecular weight excluding hydrogens is 316 g/mol. The molecular formula is C16H21BrN2O. The second kappa shape index (κ2) is 5.32. The molecule has 3 aliphatic rings. The highest BCUT2D eigenvalue weighted by atomic mass is 79.9. The van der Waals surface area contributed by atoms with Crippen LogP contribution in [0.3, 0.4) is 0 Å². The molecule has 1 aromatic rings. The van der Waals surface area contributed by atoms with Gasteiger partial charge in [0.15, 0.2) is 0 Å². The van der Waals surface area contributed by atoms with E-state index in [2.05, 4.69) is 38.3 Å². The lowest BCUT2D eigenvalue weighted by Crippen LogP contribution is -2.38. The Hall–Kier alpha value is -0.580. The van der Waals surface area contributed by atoms with Gasteiger partial charge in [-0.25, -0.2) is 0 Å². The summed E-state index contributed by atoms with van der Waals surface area (Å²) in [4.78, 5) is 2.65. The number of hydrogen-bond donors (Lipinski definition) is 1. The average molecular weight is 337 g/mol. The smallest absolute Gasteiger partial charge is 0.127 e. The molecule has 1 N–H and O–H groups in total. The SMILES string of the molecule is Brc1cc2c(c(CNC3CCN4CCCC34)c1)OCC2. The van der Waals surface area contributed by atoms with E-state index in [0.29, 0.717) is 6.04 Å². The van der Waals surface area contributed by atoms with Gasteiger partial charge in [-0.05, 0) is 43.5 Å². The Bertz CT molecular complexity index is 519. The first-order valence-electron chi connectivity index (χ1n) is 7.73. The molecule has 0 aliphatic carbocycles. The predicted octanol–water partition coefficient (Wildman–Crippen LogP) is 2.71. The monoisotopic (exact) mass is 336 g/mol. The molecule has 0 bridgehead atoms. The molecule has 0 radical (unpaired) electrons. The molecule has 3 nitrogen and oxygen atoms in total. The molecule has 3 aliphatic heterocycles. The van der Waals surface area contributed by atoms with Gasteiger partial charge in [-0.2, -0.15) is 0 Å². The molecule has 108 valence electrons. The van der Waals surface area contributed by atoms with Crippen molar-refractivity contribution in [3.8, 4) is 5.75 Å². The lowest BCUT2D eigenvalue weighted by Gasteiger charge is -2.22. The summed E-state index contributed by atoms with van der Waals surface area (Å²) in [6.07, 6.45) is 5.08. The first-order chi connectivity index (χ1) is 9.81. The maximum absolute atomic E-state index is 5.82. The lowest BCUT2D eigenvalue weighted by molar-refractivity contribution is 0.297. The Morgan fingerprint density at radius 3 is 3.20 bits per heavy atom. The summed E-state index contributed by atoms with van der Waals surface area (Å²) in [7, 11) is 0. The maximum Gasteiger partial charge on any atom is 0.127 e. The van der Waals surface area contributed by atoms with Gasteiger partial charge in [0.2, 0.25) is 0 Å². The van der Waals surface area contributed by atoms with Crippen LogP contribution >= 0.6 is 15.9 Å². The van der Waals surface area contributed by atoms with E-state index in [-0.39, 0.29) is 0 Å². The van der Waals surface area contributed by atoms with E-state index in [9.17, 15) is 0 Å². The number of nitrogens with zero attached hydrogens (tertiary/aromatic N) is 1. The van der Waals surface area contributed by atoms with Gasteiger partial charge in [0.05, 0.1) is 6.61 Å². The third-order valence-electron chi connectivity index (χ3n) is 4.99. The molecule has 3 heterocycles. The van der Waals surface area contributed by atoms with E-state index < -0.39 is 0 Å². The van der Waals surface area contributed by atoms with Crippen LogP contribution in [0.15, 0.2) is 16.6 Å². The zero-order chi connectivity index (χ0) is 13.5. The minimum absolute atomic E-state index is 0.661. The van der Waals surface area contributed by atoms with Crippen molar-refractivity contribution in [3.63, 3.8) is 0 Å². The van der Waals surface area contributed by atoms with Crippen molar-refractivity contribution in [3.05, 3.63) is 27.7 Å². The minimum Gasteiger partial charge on any atom is -0.493 e. The molecule has 2 atom stereocenters.